The number of hydrogen-bond donors (Lipinski definition) is 0. The highest BCUT2D eigenvalue weighted by Crippen LogP contribution is 2.63. The van der Waals surface area contributed by atoms with Crippen molar-refractivity contribution in [2.75, 3.05) is 148 Å². The fraction of sp³-hybridized carbons (Fsp3) is 0.281. The molecule has 20 heteroatoms. The van der Waals surface area contributed by atoms with Gasteiger partial charge in [0.2, 0.25) is 0 Å². The van der Waals surface area contributed by atoms with E-state index in [2.05, 4.69) is 359 Å². The van der Waals surface area contributed by atoms with Gasteiger partial charge in [-0.15, -0.1) is 0 Å². The SMILES string of the molecule is COP1(=O)c2ccccc2N(c2ccccn2)C[N+]1(C)c1ccccc1.CP1c2cccc3c4ccccc4n(c23)C[N+]1(C)c1ccccc1.C[N+]1(c2ccccc2)CN(c2ccccc2)c2ccccc2P1(C)=O.Cc1cc(C)c2c(c1)C[N+](C)(c1cccc3ccccc13)CN2C.Cc1cc(C)c2c(c1)[Si](C)(C)[N+]1(CCCCC1)CN2C.Cc1cc(C)cc([N+]2(C)Cc3cc(C)cc(C)c3N(C)C2)c1. The minimum absolute atomic E-state index is 0.151. The maximum Gasteiger partial charge on any atom is 0.421 e. The molecule has 0 N–H and O–H groups in total. The number of benzene rings is 14. The van der Waals surface area contributed by atoms with Crippen molar-refractivity contribution in [3.05, 3.63) is 389 Å². The molecule has 16 nitrogen and oxygen atoms in total. The van der Waals surface area contributed by atoms with Crippen LogP contribution in [-0.2, 0) is 33.4 Å². The summed E-state index contributed by atoms with van der Waals surface area (Å²) in [5.41, 5.74) is 30.5. The maximum absolute atomic E-state index is 14.2. The van der Waals surface area contributed by atoms with E-state index in [9.17, 15) is 9.13 Å². The van der Waals surface area contributed by atoms with Crippen LogP contribution in [0, 0.1) is 55.4 Å². The average molecular weight is 1950 g/mol. The molecule has 23 rings (SSSR count). The number of hydrogen-bond acceptors (Lipinski definition) is 9. The quantitative estimate of drug-likeness (QED) is 0.0840. The van der Waals surface area contributed by atoms with Gasteiger partial charge in [0, 0.05) is 104 Å². The van der Waals surface area contributed by atoms with E-state index >= 15 is 0 Å². The predicted molar refractivity (Wildman–Crippen MR) is 611 cm³/mol. The fourth-order valence-corrected chi connectivity index (χ4v) is 35.7. The van der Waals surface area contributed by atoms with E-state index in [1.54, 1.807) is 17.1 Å². The maximum atomic E-state index is 14.2. The Morgan fingerprint density at radius 3 is 1.48 bits per heavy atom. The lowest BCUT2D eigenvalue weighted by molar-refractivity contribution is -0.837. The largest absolute Gasteiger partial charge is 0.421 e. The Balaban J connectivity index is 0.000000112. The molecule has 9 heterocycles. The summed E-state index contributed by atoms with van der Waals surface area (Å²) < 4.78 is 41.2. The zero-order chi connectivity index (χ0) is 99.5. The molecule has 1 saturated heterocycles. The topological polar surface area (TPSA) is 77.4 Å². The van der Waals surface area contributed by atoms with Gasteiger partial charge in [-0.3, -0.25) is 36.7 Å². The molecule has 7 aliphatic rings. The summed E-state index contributed by atoms with van der Waals surface area (Å²) in [5.74, 6) is 0.822. The van der Waals surface area contributed by atoms with Crippen molar-refractivity contribution >= 4 is 153 Å². The lowest BCUT2D eigenvalue weighted by Crippen LogP contribution is -2.77. The molecule has 0 saturated carbocycles. The second-order valence-electron chi connectivity index (χ2n) is 42.3. The Morgan fingerprint density at radius 1 is 0.404 bits per heavy atom. The highest BCUT2D eigenvalue weighted by Gasteiger charge is 2.57. The van der Waals surface area contributed by atoms with Crippen LogP contribution in [0.25, 0.3) is 32.6 Å². The minimum Gasteiger partial charge on any atom is -0.363 e. The van der Waals surface area contributed by atoms with Gasteiger partial charge < -0.3 is 18.8 Å². The lowest BCUT2D eigenvalue weighted by atomic mass is 9.98. The molecule has 16 aromatic rings. The van der Waals surface area contributed by atoms with E-state index in [1.807, 2.05) is 141 Å². The van der Waals surface area contributed by atoms with Crippen molar-refractivity contribution in [3.63, 3.8) is 0 Å². The summed E-state index contributed by atoms with van der Waals surface area (Å²) in [6.07, 6.45) is 6.05. The molecular formula is C121H144N13O3P3Si+6. The van der Waals surface area contributed by atoms with Gasteiger partial charge in [-0.05, 0) is 242 Å². The van der Waals surface area contributed by atoms with Gasteiger partial charge in [0.15, 0.2) is 33.3 Å². The number of piperidine rings is 1. The number of aryl methyl sites for hydroxylation is 8. The molecule has 14 aromatic carbocycles. The molecule has 2 aromatic heterocycles. The predicted octanol–water partition coefficient (Wildman–Crippen LogP) is 26.9. The summed E-state index contributed by atoms with van der Waals surface area (Å²) in [6, 6.07) is 115. The Kier molecular flexibility index (Phi) is 27.8. The smallest absolute Gasteiger partial charge is 0.363 e. The first-order valence-corrected chi connectivity index (χ1v) is 58.3. The molecule has 1 fully saturated rings. The molecule has 0 radical (unpaired) electrons. The lowest BCUT2D eigenvalue weighted by Gasteiger charge is -2.57. The number of aromatic nitrogens is 2. The molecule has 724 valence electrons. The first kappa shape index (κ1) is 99.3. The first-order chi connectivity index (χ1) is 67.5. The van der Waals surface area contributed by atoms with Crippen LogP contribution >= 0.6 is 22.9 Å². The molecule has 1 spiro atoms. The summed E-state index contributed by atoms with van der Waals surface area (Å²) in [4.78, 5) is 16.3. The summed E-state index contributed by atoms with van der Waals surface area (Å²) in [7, 11) is 11.7. The highest BCUT2D eigenvalue weighted by atomic mass is 31.2. The van der Waals surface area contributed by atoms with Crippen LogP contribution in [-0.4, -0.2) is 145 Å². The fourth-order valence-electron chi connectivity index (χ4n) is 24.6. The third-order valence-electron chi connectivity index (χ3n) is 31.6. The van der Waals surface area contributed by atoms with E-state index < -0.39 is 23.0 Å². The summed E-state index contributed by atoms with van der Waals surface area (Å²) in [6.45, 7) is 37.6. The van der Waals surface area contributed by atoms with Crippen LogP contribution in [0.15, 0.2) is 334 Å². The molecule has 7 aliphatic heterocycles. The summed E-state index contributed by atoms with van der Waals surface area (Å²) in [5, 5.41) is 10.3. The van der Waals surface area contributed by atoms with Crippen molar-refractivity contribution in [1.29, 1.82) is 0 Å². The first-order valence-electron chi connectivity index (χ1n) is 50.0. The van der Waals surface area contributed by atoms with Crippen LogP contribution in [0.2, 0.25) is 13.1 Å². The molecule has 8 atom stereocenters. The standard InChI is InChI=1S/C22H25N2.C21H22N2OP.C21H20N2P.C20H21N3O2P.C20H27N2.C17H29N2Si/c1-16-12-17(2)22-19(13-16)14-24(4,15-23(22)3)21-11-7-9-18-8-5-6-10-20(18)21;1-23(19-13-7-4-8-14-19)17-22(18-11-5-3-6-12-18)20-15-9-10-16-21(20)25(23,2)24;1-23(16-9-4-3-5-10-16)15-22-19-13-7-6-11-17(19)18-12-8-14-20(21(18)22)24(23)2;1-23(17-10-4-3-5-11-17)16-22(20-14-8-9-15-21-20)18-12-6-7-13-19(18)26(23,24)25-2;1-14-7-15(2)11-19(10-14)22(6)12-18-9-16(3)8-17(4)20(18)21(5)13-22;1-14-11-15(2)17-16(12-14)20(4,5)19(13-18(17)3)9-7-6-8-10-19/h5-13H,14-15H2,1-4H3;3-16H,17H2,1-2H3;3-14H,15H2,1-2H3;3-15H,16H2,1-2H3;7-11H,12-13H2,1-6H3;11-12H,6-10,13H2,1-5H3/q6*+1. The van der Waals surface area contributed by atoms with E-state index in [0.29, 0.717) is 22.9 Å². The van der Waals surface area contributed by atoms with Gasteiger partial charge in [0.05, 0.1) is 92.7 Å². The van der Waals surface area contributed by atoms with Crippen molar-refractivity contribution in [2.45, 2.75) is 108 Å². The van der Waals surface area contributed by atoms with Crippen LogP contribution in [0.4, 0.5) is 68.4 Å². The minimum atomic E-state index is -3.22. The Bertz CT molecular complexity index is 7390. The van der Waals surface area contributed by atoms with Crippen LogP contribution in [0.1, 0.15) is 74.9 Å². The summed E-state index contributed by atoms with van der Waals surface area (Å²) >= 11 is 0. The van der Waals surface area contributed by atoms with E-state index in [4.69, 9.17) is 4.52 Å². The van der Waals surface area contributed by atoms with Crippen LogP contribution in [0.5, 0.6) is 0 Å². The van der Waals surface area contributed by atoms with Crippen LogP contribution in [0.3, 0.4) is 0 Å². The third kappa shape index (κ3) is 18.3. The van der Waals surface area contributed by atoms with Gasteiger partial charge in [-0.25, -0.2) is 18.1 Å². The Hall–Kier alpha value is -11.9. The number of pyridine rings is 1. The second kappa shape index (κ2) is 39.4. The Labute approximate surface area is 841 Å². The third-order valence-corrected chi connectivity index (χ3v) is 45.3. The monoisotopic (exact) mass is 1950 g/mol. The highest BCUT2D eigenvalue weighted by molar-refractivity contribution is 7.71. The number of quaternary nitrogens is 6. The van der Waals surface area contributed by atoms with Crippen molar-refractivity contribution in [3.8, 4) is 0 Å². The Morgan fingerprint density at radius 2 is 0.872 bits per heavy atom. The average Bonchev–Trinajstić information content (AvgIpc) is 1.67. The molecule has 8 unspecified atom stereocenters. The van der Waals surface area contributed by atoms with Gasteiger partial charge in [0.25, 0.3) is 7.29 Å². The number of nitrogens with zero attached hydrogens (tertiary/aromatic N) is 13. The molecular weight excluding hydrogens is 1800 g/mol. The van der Waals surface area contributed by atoms with Gasteiger partial charge in [0.1, 0.15) is 67.4 Å². The van der Waals surface area contributed by atoms with E-state index in [1.165, 1.54) is 172 Å². The van der Waals surface area contributed by atoms with Crippen LogP contribution < -0.4 is 67.3 Å². The van der Waals surface area contributed by atoms with E-state index in [0.717, 1.165) is 85.9 Å². The zero-order valence-electron chi connectivity index (χ0n) is 86.8. The zero-order valence-corrected chi connectivity index (χ0v) is 90.5. The van der Waals surface area contributed by atoms with E-state index in [-0.39, 0.29) is 12.3 Å². The molecule has 0 bridgehead atoms. The van der Waals surface area contributed by atoms with Gasteiger partial charge in [-0.1, -0.05) is 211 Å². The van der Waals surface area contributed by atoms with Gasteiger partial charge >= 0.3 is 15.8 Å². The number of anilines is 7. The normalized spacial score (nSPS) is 23.1. The van der Waals surface area contributed by atoms with Crippen molar-refractivity contribution in [1.82, 2.24) is 31.3 Å². The number of para-hydroxylation sites is 8. The molecule has 0 aliphatic carbocycles. The van der Waals surface area contributed by atoms with Gasteiger partial charge in [-0.2, -0.15) is 0 Å². The number of rotatable bonds is 8. The second-order valence-corrected chi connectivity index (χ2v) is 55.2. The van der Waals surface area contributed by atoms with Crippen molar-refractivity contribution in [2.24, 2.45) is 0 Å². The number of fused-ring (bicyclic) bond motifs is 9. The molecule has 141 heavy (non-hydrogen) atoms. The molecule has 0 amide bonds. The van der Waals surface area contributed by atoms with Crippen molar-refractivity contribution < 1.29 is 17.8 Å².